The Hall–Kier alpha value is -3.31. The highest BCUT2D eigenvalue weighted by atomic mass is 32.2. The maximum atomic E-state index is 13.5. The largest absolute Gasteiger partial charge is 0.491 e. The summed E-state index contributed by atoms with van der Waals surface area (Å²) in [6, 6.07) is 12.0. The van der Waals surface area contributed by atoms with Crippen LogP contribution < -0.4 is 14.8 Å². The summed E-state index contributed by atoms with van der Waals surface area (Å²) in [6.45, 7) is 8.48. The lowest BCUT2D eigenvalue weighted by molar-refractivity contribution is 0.0165. The average Bonchev–Trinajstić information content (AvgIpc) is 2.87. The summed E-state index contributed by atoms with van der Waals surface area (Å²) >= 11 is 0. The number of benzene rings is 2. The number of amides is 3. The number of ether oxygens (including phenoxy) is 2. The minimum absolute atomic E-state index is 0.0342. The van der Waals surface area contributed by atoms with Gasteiger partial charge >= 0.3 is 6.03 Å². The smallest absolute Gasteiger partial charge is 0.317 e. The standard InChI is InChI=1S/C27H38N4O6S/c1-18(2)28-27(33)31-15-19(3)25(36-6)16-30(5)26(32)23-14-21(12-13-24(23)37-17-20(31)4)29-38(34,35)22-10-8-7-9-11-22/h7-14,18-20,25,29H,15-17H2,1-6H3,(H,28,33)/t19-,20-,25+/m1/s1. The highest BCUT2D eigenvalue weighted by Gasteiger charge is 2.30. The number of likely N-dealkylation sites (N-methyl/N-ethyl adjacent to an activating group) is 1. The lowest BCUT2D eigenvalue weighted by Gasteiger charge is -2.36. The van der Waals surface area contributed by atoms with E-state index in [4.69, 9.17) is 9.47 Å². The summed E-state index contributed by atoms with van der Waals surface area (Å²) < 4.78 is 40.0. The van der Waals surface area contributed by atoms with Gasteiger partial charge in [0, 0.05) is 44.9 Å². The lowest BCUT2D eigenvalue weighted by atomic mass is 10.0. The first-order chi connectivity index (χ1) is 17.9. The van der Waals surface area contributed by atoms with Crippen LogP contribution in [-0.4, -0.2) is 82.2 Å². The molecule has 10 nitrogen and oxygen atoms in total. The Balaban J connectivity index is 1.97. The van der Waals surface area contributed by atoms with Crippen LogP contribution in [-0.2, 0) is 14.8 Å². The van der Waals surface area contributed by atoms with Crippen LogP contribution in [0.4, 0.5) is 10.5 Å². The second-order valence-electron chi connectivity index (χ2n) is 9.98. The Labute approximate surface area is 225 Å². The van der Waals surface area contributed by atoms with Gasteiger partial charge in [0.05, 0.1) is 22.6 Å². The molecule has 2 aromatic carbocycles. The molecule has 0 fully saturated rings. The van der Waals surface area contributed by atoms with E-state index in [0.29, 0.717) is 12.3 Å². The number of nitrogens with one attached hydrogen (secondary N) is 2. The van der Waals surface area contributed by atoms with E-state index in [9.17, 15) is 18.0 Å². The molecule has 3 amide bonds. The molecule has 1 aliphatic rings. The van der Waals surface area contributed by atoms with Crippen molar-refractivity contribution in [2.45, 2.75) is 50.8 Å². The van der Waals surface area contributed by atoms with E-state index >= 15 is 0 Å². The summed E-state index contributed by atoms with van der Waals surface area (Å²) in [6.07, 6.45) is -0.339. The number of methoxy groups -OCH3 is 1. The monoisotopic (exact) mass is 546 g/mol. The molecule has 0 radical (unpaired) electrons. The zero-order valence-corrected chi connectivity index (χ0v) is 23.6. The van der Waals surface area contributed by atoms with Crippen LogP contribution in [0.2, 0.25) is 0 Å². The van der Waals surface area contributed by atoms with Crippen LogP contribution in [0.15, 0.2) is 53.4 Å². The number of urea groups is 1. The Kier molecular flexibility index (Phi) is 9.61. The third-order valence-electron chi connectivity index (χ3n) is 6.42. The molecular weight excluding hydrogens is 508 g/mol. The maximum Gasteiger partial charge on any atom is 0.317 e. The number of carbonyl (C=O) groups is 2. The molecule has 1 aliphatic heterocycles. The Morgan fingerprint density at radius 1 is 1.11 bits per heavy atom. The van der Waals surface area contributed by atoms with Crippen LogP contribution in [0, 0.1) is 5.92 Å². The van der Waals surface area contributed by atoms with Gasteiger partial charge in [-0.15, -0.1) is 0 Å². The van der Waals surface area contributed by atoms with E-state index in [1.54, 1.807) is 49.4 Å². The van der Waals surface area contributed by atoms with Crippen molar-refractivity contribution < 1.29 is 27.5 Å². The van der Waals surface area contributed by atoms with E-state index in [0.717, 1.165) is 0 Å². The fraction of sp³-hybridized carbons (Fsp3) is 0.481. The molecule has 0 bridgehead atoms. The highest BCUT2D eigenvalue weighted by Crippen LogP contribution is 2.27. The number of rotatable bonds is 5. The molecule has 0 spiro atoms. The molecule has 2 N–H and O–H groups in total. The van der Waals surface area contributed by atoms with Gasteiger partial charge < -0.3 is 24.6 Å². The van der Waals surface area contributed by atoms with Crippen LogP contribution in [0.5, 0.6) is 5.75 Å². The van der Waals surface area contributed by atoms with Gasteiger partial charge in [0.25, 0.3) is 15.9 Å². The zero-order chi connectivity index (χ0) is 28.0. The predicted molar refractivity (Wildman–Crippen MR) is 146 cm³/mol. The van der Waals surface area contributed by atoms with Gasteiger partial charge in [-0.1, -0.05) is 25.1 Å². The molecule has 1 heterocycles. The van der Waals surface area contributed by atoms with Gasteiger partial charge in [0.15, 0.2) is 0 Å². The quantitative estimate of drug-likeness (QED) is 0.594. The molecule has 0 unspecified atom stereocenters. The molecule has 2 aromatic rings. The number of sulfonamides is 1. The number of nitrogens with zero attached hydrogens (tertiary/aromatic N) is 2. The molecule has 0 aliphatic carbocycles. The van der Waals surface area contributed by atoms with Gasteiger partial charge in [-0.2, -0.15) is 0 Å². The fourth-order valence-corrected chi connectivity index (χ4v) is 5.34. The highest BCUT2D eigenvalue weighted by molar-refractivity contribution is 7.92. The summed E-state index contributed by atoms with van der Waals surface area (Å²) in [5.41, 5.74) is 0.432. The van der Waals surface area contributed by atoms with Gasteiger partial charge in [-0.05, 0) is 51.1 Å². The van der Waals surface area contributed by atoms with Crippen LogP contribution in [0.1, 0.15) is 38.1 Å². The Morgan fingerprint density at radius 3 is 2.42 bits per heavy atom. The minimum atomic E-state index is -3.85. The first kappa shape index (κ1) is 29.2. The number of anilines is 1. The topological polar surface area (TPSA) is 117 Å². The van der Waals surface area contributed by atoms with E-state index in [1.165, 1.54) is 23.1 Å². The third-order valence-corrected chi connectivity index (χ3v) is 7.82. The van der Waals surface area contributed by atoms with Crippen LogP contribution in [0.25, 0.3) is 0 Å². The van der Waals surface area contributed by atoms with Gasteiger partial charge in [-0.3, -0.25) is 9.52 Å². The molecule has 0 aromatic heterocycles. The van der Waals surface area contributed by atoms with Gasteiger partial charge in [-0.25, -0.2) is 13.2 Å². The zero-order valence-electron chi connectivity index (χ0n) is 22.8. The third kappa shape index (κ3) is 7.16. The van der Waals surface area contributed by atoms with E-state index in [2.05, 4.69) is 10.0 Å². The summed E-state index contributed by atoms with van der Waals surface area (Å²) in [5, 5.41) is 2.95. The van der Waals surface area contributed by atoms with Crippen LogP contribution in [0.3, 0.4) is 0 Å². The van der Waals surface area contributed by atoms with E-state index in [1.807, 2.05) is 27.7 Å². The summed E-state index contributed by atoms with van der Waals surface area (Å²) in [7, 11) is -0.613. The molecule has 3 rings (SSSR count). The second-order valence-corrected chi connectivity index (χ2v) is 11.7. The Morgan fingerprint density at radius 2 is 1.79 bits per heavy atom. The lowest BCUT2D eigenvalue weighted by Crippen LogP contribution is -2.52. The average molecular weight is 547 g/mol. The molecule has 11 heteroatoms. The first-order valence-electron chi connectivity index (χ1n) is 12.6. The second kappa shape index (κ2) is 12.5. The molecule has 38 heavy (non-hydrogen) atoms. The van der Waals surface area contributed by atoms with Crippen molar-refractivity contribution in [1.29, 1.82) is 0 Å². The normalized spacial score (nSPS) is 21.1. The van der Waals surface area contributed by atoms with Crippen molar-refractivity contribution in [3.05, 3.63) is 54.1 Å². The van der Waals surface area contributed by atoms with Crippen molar-refractivity contribution in [3.8, 4) is 5.75 Å². The van der Waals surface area contributed by atoms with Crippen molar-refractivity contribution in [2.75, 3.05) is 38.6 Å². The summed E-state index contributed by atoms with van der Waals surface area (Å²) in [5.74, 6) is -0.126. The van der Waals surface area contributed by atoms with Gasteiger partial charge in [0.1, 0.15) is 12.4 Å². The SMILES string of the molecule is CO[C@H]1CN(C)C(=O)c2cc(NS(=O)(=O)c3ccccc3)ccc2OC[C@@H](C)N(C(=O)NC(C)C)C[C@H]1C. The Bertz CT molecular complexity index is 1220. The van der Waals surface area contributed by atoms with Crippen molar-refractivity contribution in [2.24, 2.45) is 5.92 Å². The van der Waals surface area contributed by atoms with Crippen LogP contribution >= 0.6 is 0 Å². The number of fused-ring (bicyclic) bond motifs is 1. The van der Waals surface area contributed by atoms with Crippen molar-refractivity contribution in [1.82, 2.24) is 15.1 Å². The number of carbonyl (C=O) groups excluding carboxylic acids is 2. The molecular formula is C27H38N4O6S. The van der Waals surface area contributed by atoms with Crippen molar-refractivity contribution >= 4 is 27.6 Å². The predicted octanol–water partition coefficient (Wildman–Crippen LogP) is 3.41. The molecule has 0 saturated carbocycles. The first-order valence-corrected chi connectivity index (χ1v) is 14.1. The van der Waals surface area contributed by atoms with Crippen molar-refractivity contribution in [3.63, 3.8) is 0 Å². The molecule has 0 saturated heterocycles. The number of hydrogen-bond donors (Lipinski definition) is 2. The maximum absolute atomic E-state index is 13.5. The molecule has 3 atom stereocenters. The van der Waals surface area contributed by atoms with Gasteiger partial charge in [0.2, 0.25) is 0 Å². The molecule has 208 valence electrons. The van der Waals surface area contributed by atoms with E-state index in [-0.39, 0.29) is 65.3 Å². The summed E-state index contributed by atoms with van der Waals surface area (Å²) in [4.78, 5) is 29.9. The number of hydrogen-bond acceptors (Lipinski definition) is 6. The fourth-order valence-electron chi connectivity index (χ4n) is 4.27. The minimum Gasteiger partial charge on any atom is -0.491 e. The van der Waals surface area contributed by atoms with E-state index < -0.39 is 10.0 Å².